The standard InChI is InChI=1S/C24H26N4O2/c1-23(2)20-12-16-10-14(21(25)29)4-6-17(16)24(23,3)8-9-28(20)22(30)15-5-7-18-19(11-15)27-13-26-18/h4-7,10-11,13,20H,8-9,12H2,1-3H3,(H2,25,29)(H,26,27). The van der Waals surface area contributed by atoms with Gasteiger partial charge in [0.2, 0.25) is 5.91 Å². The van der Waals surface area contributed by atoms with Crippen LogP contribution in [0.5, 0.6) is 0 Å². The summed E-state index contributed by atoms with van der Waals surface area (Å²) in [6, 6.07) is 11.5. The fourth-order valence-corrected chi connectivity index (χ4v) is 5.57. The van der Waals surface area contributed by atoms with Crippen LogP contribution in [-0.2, 0) is 11.8 Å². The number of likely N-dealkylation sites (tertiary alicyclic amines) is 1. The first-order chi connectivity index (χ1) is 14.2. The Kier molecular flexibility index (Phi) is 3.88. The van der Waals surface area contributed by atoms with Gasteiger partial charge in [0.25, 0.3) is 5.91 Å². The molecular formula is C24H26N4O2. The molecule has 0 radical (unpaired) electrons. The molecule has 2 amide bonds. The van der Waals surface area contributed by atoms with E-state index in [2.05, 4.69) is 36.8 Å². The Morgan fingerprint density at radius 1 is 1.13 bits per heavy atom. The van der Waals surface area contributed by atoms with Crippen molar-refractivity contribution < 1.29 is 9.59 Å². The average molecular weight is 402 g/mol. The summed E-state index contributed by atoms with van der Waals surface area (Å²) in [6.07, 6.45) is 3.23. The molecule has 30 heavy (non-hydrogen) atoms. The summed E-state index contributed by atoms with van der Waals surface area (Å²) in [5.74, 6) is -0.375. The number of hydrogen-bond acceptors (Lipinski definition) is 3. The molecule has 1 aliphatic heterocycles. The molecule has 3 aromatic rings. The number of rotatable bonds is 2. The highest BCUT2D eigenvalue weighted by Crippen LogP contribution is 2.56. The zero-order valence-corrected chi connectivity index (χ0v) is 17.5. The molecule has 2 aromatic carbocycles. The van der Waals surface area contributed by atoms with E-state index in [4.69, 9.17) is 5.73 Å². The lowest BCUT2D eigenvalue weighted by atomic mass is 9.51. The van der Waals surface area contributed by atoms with Gasteiger partial charge in [0.1, 0.15) is 0 Å². The lowest BCUT2D eigenvalue weighted by molar-refractivity contribution is -0.0262. The predicted molar refractivity (Wildman–Crippen MR) is 115 cm³/mol. The van der Waals surface area contributed by atoms with E-state index < -0.39 is 5.91 Å². The van der Waals surface area contributed by atoms with Crippen LogP contribution in [0.1, 0.15) is 59.0 Å². The molecule has 0 spiro atoms. The number of amides is 2. The molecule has 3 N–H and O–H groups in total. The molecule has 6 heteroatoms. The molecule has 2 bridgehead atoms. The third-order valence-corrected chi connectivity index (χ3v) is 7.81. The first-order valence-corrected chi connectivity index (χ1v) is 10.4. The Hall–Kier alpha value is -3.15. The van der Waals surface area contributed by atoms with Crippen LogP contribution in [-0.4, -0.2) is 39.3 Å². The third kappa shape index (κ3) is 2.46. The fourth-order valence-electron chi connectivity index (χ4n) is 5.57. The summed E-state index contributed by atoms with van der Waals surface area (Å²) in [5.41, 5.74) is 10.6. The highest BCUT2D eigenvalue weighted by molar-refractivity contribution is 5.98. The Morgan fingerprint density at radius 2 is 1.90 bits per heavy atom. The summed E-state index contributed by atoms with van der Waals surface area (Å²) >= 11 is 0. The van der Waals surface area contributed by atoms with Crippen molar-refractivity contribution in [2.24, 2.45) is 11.1 Å². The lowest BCUT2D eigenvalue weighted by Gasteiger charge is -2.60. The van der Waals surface area contributed by atoms with Gasteiger partial charge in [-0.15, -0.1) is 0 Å². The molecule has 2 atom stereocenters. The first-order valence-electron chi connectivity index (χ1n) is 10.4. The van der Waals surface area contributed by atoms with E-state index >= 15 is 0 Å². The highest BCUT2D eigenvalue weighted by atomic mass is 16.2. The Bertz CT molecular complexity index is 1190. The van der Waals surface area contributed by atoms with E-state index in [0.29, 0.717) is 17.7 Å². The van der Waals surface area contributed by atoms with Crippen LogP contribution < -0.4 is 5.73 Å². The van der Waals surface area contributed by atoms with E-state index in [1.165, 1.54) is 5.56 Å². The van der Waals surface area contributed by atoms with Gasteiger partial charge in [0.15, 0.2) is 0 Å². The summed E-state index contributed by atoms with van der Waals surface area (Å²) in [5, 5.41) is 0. The van der Waals surface area contributed by atoms with E-state index in [1.54, 1.807) is 6.33 Å². The summed E-state index contributed by atoms with van der Waals surface area (Å²) in [6.45, 7) is 7.53. The van der Waals surface area contributed by atoms with Gasteiger partial charge in [-0.05, 0) is 59.7 Å². The minimum absolute atomic E-state index is 0.0387. The first kappa shape index (κ1) is 18.9. The number of primary amides is 1. The Morgan fingerprint density at radius 3 is 2.67 bits per heavy atom. The molecule has 5 rings (SSSR count). The number of carbonyl (C=O) groups is 2. The maximum atomic E-state index is 13.6. The number of nitrogens with one attached hydrogen (secondary N) is 1. The number of aromatic amines is 1. The highest BCUT2D eigenvalue weighted by Gasteiger charge is 2.56. The monoisotopic (exact) mass is 402 g/mol. The van der Waals surface area contributed by atoms with Crippen molar-refractivity contribution in [3.63, 3.8) is 0 Å². The van der Waals surface area contributed by atoms with Crippen LogP contribution in [0.3, 0.4) is 0 Å². The molecule has 1 saturated heterocycles. The van der Waals surface area contributed by atoms with E-state index in [-0.39, 0.29) is 22.8 Å². The molecule has 6 nitrogen and oxygen atoms in total. The number of benzene rings is 2. The van der Waals surface area contributed by atoms with Crippen molar-refractivity contribution in [3.8, 4) is 0 Å². The number of nitrogens with zero attached hydrogens (tertiary/aromatic N) is 2. The second-order valence-electron chi connectivity index (χ2n) is 9.39. The van der Waals surface area contributed by atoms with Crippen LogP contribution in [0, 0.1) is 5.41 Å². The van der Waals surface area contributed by atoms with Gasteiger partial charge in [-0.2, -0.15) is 0 Å². The number of carbonyl (C=O) groups excluding carboxylic acids is 2. The molecule has 2 unspecified atom stereocenters. The van der Waals surface area contributed by atoms with Gasteiger partial charge in [-0.1, -0.05) is 26.8 Å². The van der Waals surface area contributed by atoms with E-state index in [1.807, 2.05) is 35.2 Å². The molecule has 2 heterocycles. The third-order valence-electron chi connectivity index (χ3n) is 7.81. The van der Waals surface area contributed by atoms with Crippen molar-refractivity contribution in [2.75, 3.05) is 6.54 Å². The lowest BCUT2D eigenvalue weighted by Crippen LogP contribution is -2.64. The van der Waals surface area contributed by atoms with Gasteiger partial charge in [0, 0.05) is 29.1 Å². The summed E-state index contributed by atoms with van der Waals surface area (Å²) in [4.78, 5) is 34.7. The largest absolute Gasteiger partial charge is 0.366 e. The number of imidazole rings is 1. The molecule has 1 aromatic heterocycles. The van der Waals surface area contributed by atoms with Gasteiger partial charge >= 0.3 is 0 Å². The van der Waals surface area contributed by atoms with Crippen LogP contribution in [0.4, 0.5) is 0 Å². The van der Waals surface area contributed by atoms with Crippen LogP contribution in [0.2, 0.25) is 0 Å². The molecular weight excluding hydrogens is 376 g/mol. The zero-order valence-electron chi connectivity index (χ0n) is 17.5. The normalized spacial score (nSPS) is 24.5. The number of piperidine rings is 1. The number of fused-ring (bicyclic) bond motifs is 5. The number of hydrogen-bond donors (Lipinski definition) is 2. The van der Waals surface area contributed by atoms with Crippen LogP contribution in [0.25, 0.3) is 11.0 Å². The molecule has 0 saturated carbocycles. The number of H-pyrrole nitrogens is 1. The minimum atomic E-state index is -0.418. The minimum Gasteiger partial charge on any atom is -0.366 e. The van der Waals surface area contributed by atoms with Crippen molar-refractivity contribution in [3.05, 3.63) is 65.0 Å². The second kappa shape index (κ2) is 6.17. The summed E-state index contributed by atoms with van der Waals surface area (Å²) < 4.78 is 0. The average Bonchev–Trinajstić information content (AvgIpc) is 3.17. The second-order valence-corrected chi connectivity index (χ2v) is 9.39. The number of aromatic nitrogens is 2. The maximum absolute atomic E-state index is 13.6. The van der Waals surface area contributed by atoms with Gasteiger partial charge in [-0.25, -0.2) is 4.98 Å². The summed E-state index contributed by atoms with van der Waals surface area (Å²) in [7, 11) is 0. The molecule has 2 aliphatic rings. The Balaban J connectivity index is 1.57. The molecule has 154 valence electrons. The van der Waals surface area contributed by atoms with Crippen molar-refractivity contribution >= 4 is 22.8 Å². The fraction of sp³-hybridized carbons (Fsp3) is 0.375. The predicted octanol–water partition coefficient (Wildman–Crippen LogP) is 3.42. The van der Waals surface area contributed by atoms with Crippen molar-refractivity contribution in [2.45, 2.75) is 45.1 Å². The SMILES string of the molecule is CC12CCN(C(=O)c3ccc4nc[nH]c4c3)C(Cc3cc(C(N)=O)ccc31)C2(C)C. The van der Waals surface area contributed by atoms with Crippen LogP contribution in [0.15, 0.2) is 42.7 Å². The smallest absolute Gasteiger partial charge is 0.254 e. The topological polar surface area (TPSA) is 92.1 Å². The molecule has 1 aliphatic carbocycles. The maximum Gasteiger partial charge on any atom is 0.254 e. The van der Waals surface area contributed by atoms with Crippen LogP contribution >= 0.6 is 0 Å². The molecule has 1 fully saturated rings. The van der Waals surface area contributed by atoms with E-state index in [9.17, 15) is 9.59 Å². The van der Waals surface area contributed by atoms with Gasteiger partial charge in [-0.3, -0.25) is 9.59 Å². The van der Waals surface area contributed by atoms with Crippen molar-refractivity contribution in [1.82, 2.24) is 14.9 Å². The number of nitrogens with two attached hydrogens (primary N) is 1. The quantitative estimate of drug-likeness (QED) is 0.688. The van der Waals surface area contributed by atoms with Gasteiger partial charge in [0.05, 0.1) is 17.4 Å². The van der Waals surface area contributed by atoms with Crippen molar-refractivity contribution in [1.29, 1.82) is 0 Å². The van der Waals surface area contributed by atoms with E-state index in [0.717, 1.165) is 29.4 Å². The zero-order chi connectivity index (χ0) is 21.3. The van der Waals surface area contributed by atoms with Gasteiger partial charge < -0.3 is 15.6 Å². The Labute approximate surface area is 175 Å².